The molecule has 0 amide bonds. The minimum atomic E-state index is -0.258. The van der Waals surface area contributed by atoms with E-state index in [2.05, 4.69) is 4.98 Å². The third-order valence-electron chi connectivity index (χ3n) is 2.15. The molecule has 1 aromatic heterocycles. The van der Waals surface area contributed by atoms with E-state index in [1.807, 2.05) is 0 Å². The molecular formula is C11H10ClFN2S. The first-order valence-electron chi connectivity index (χ1n) is 4.78. The lowest BCUT2D eigenvalue weighted by molar-refractivity contribution is 0.628. The number of nitrogen functional groups attached to an aromatic ring is 1. The molecule has 84 valence electrons. The van der Waals surface area contributed by atoms with Crippen LogP contribution in [0.5, 0.6) is 0 Å². The summed E-state index contributed by atoms with van der Waals surface area (Å²) >= 11 is 7.13. The lowest BCUT2D eigenvalue weighted by atomic mass is 10.1. The van der Waals surface area contributed by atoms with E-state index in [1.54, 1.807) is 12.1 Å². The Labute approximate surface area is 102 Å². The SMILES string of the molecule is Nc1nc(-c2ccc(F)cc2)c(CCCl)s1. The van der Waals surface area contributed by atoms with Gasteiger partial charge in [0.1, 0.15) is 5.82 Å². The summed E-state index contributed by atoms with van der Waals surface area (Å²) in [5.74, 6) is 0.265. The minimum absolute atomic E-state index is 0.258. The van der Waals surface area contributed by atoms with E-state index < -0.39 is 0 Å². The van der Waals surface area contributed by atoms with Gasteiger partial charge in [-0.05, 0) is 30.7 Å². The number of thiazole rings is 1. The van der Waals surface area contributed by atoms with E-state index in [0.29, 0.717) is 11.0 Å². The Hall–Kier alpha value is -1.13. The fraction of sp³-hybridized carbons (Fsp3) is 0.182. The number of halogens is 2. The second-order valence-corrected chi connectivity index (χ2v) is 4.76. The number of anilines is 1. The molecule has 0 atom stereocenters. The van der Waals surface area contributed by atoms with Gasteiger partial charge in [-0.2, -0.15) is 0 Å². The first-order valence-corrected chi connectivity index (χ1v) is 6.13. The summed E-state index contributed by atoms with van der Waals surface area (Å²) in [7, 11) is 0. The summed E-state index contributed by atoms with van der Waals surface area (Å²) in [6.45, 7) is 0. The maximum Gasteiger partial charge on any atom is 0.180 e. The van der Waals surface area contributed by atoms with E-state index in [1.165, 1.54) is 23.5 Å². The highest BCUT2D eigenvalue weighted by molar-refractivity contribution is 7.15. The Morgan fingerprint density at radius 3 is 2.62 bits per heavy atom. The van der Waals surface area contributed by atoms with Gasteiger partial charge >= 0.3 is 0 Å². The normalized spacial score (nSPS) is 10.6. The fourth-order valence-corrected chi connectivity index (χ4v) is 2.61. The van der Waals surface area contributed by atoms with Gasteiger partial charge in [-0.25, -0.2) is 9.37 Å². The number of nitrogens with two attached hydrogens (primary N) is 1. The van der Waals surface area contributed by atoms with Crippen molar-refractivity contribution in [1.82, 2.24) is 4.98 Å². The van der Waals surface area contributed by atoms with Crippen LogP contribution in [0, 0.1) is 5.82 Å². The second-order valence-electron chi connectivity index (χ2n) is 3.27. The lowest BCUT2D eigenvalue weighted by Gasteiger charge is -2.00. The molecule has 2 aromatic rings. The van der Waals surface area contributed by atoms with Gasteiger partial charge < -0.3 is 5.73 Å². The van der Waals surface area contributed by atoms with Crippen LogP contribution in [0.3, 0.4) is 0 Å². The van der Waals surface area contributed by atoms with Crippen LogP contribution < -0.4 is 5.73 Å². The van der Waals surface area contributed by atoms with Crippen molar-refractivity contribution in [3.05, 3.63) is 35.0 Å². The van der Waals surface area contributed by atoms with Crippen LogP contribution in [0.25, 0.3) is 11.3 Å². The van der Waals surface area contributed by atoms with Gasteiger partial charge in [-0.15, -0.1) is 22.9 Å². The Bertz CT molecular complexity index is 481. The highest BCUT2D eigenvalue weighted by Crippen LogP contribution is 2.30. The zero-order chi connectivity index (χ0) is 11.5. The van der Waals surface area contributed by atoms with Crippen LogP contribution in [-0.2, 0) is 6.42 Å². The molecule has 0 spiro atoms. The monoisotopic (exact) mass is 256 g/mol. The van der Waals surface area contributed by atoms with Crippen molar-refractivity contribution in [2.45, 2.75) is 6.42 Å². The Morgan fingerprint density at radius 2 is 2.00 bits per heavy atom. The van der Waals surface area contributed by atoms with E-state index in [-0.39, 0.29) is 5.82 Å². The molecule has 0 aliphatic heterocycles. The molecule has 0 unspecified atom stereocenters. The van der Waals surface area contributed by atoms with E-state index in [0.717, 1.165) is 22.6 Å². The molecule has 0 radical (unpaired) electrons. The number of rotatable bonds is 3. The molecular weight excluding hydrogens is 247 g/mol. The van der Waals surface area contributed by atoms with Gasteiger partial charge in [0.25, 0.3) is 0 Å². The first kappa shape index (κ1) is 11.4. The van der Waals surface area contributed by atoms with Crippen molar-refractivity contribution in [3.63, 3.8) is 0 Å². The van der Waals surface area contributed by atoms with Gasteiger partial charge in [0, 0.05) is 16.3 Å². The van der Waals surface area contributed by atoms with Crippen molar-refractivity contribution in [2.24, 2.45) is 0 Å². The van der Waals surface area contributed by atoms with E-state index >= 15 is 0 Å². The maximum absolute atomic E-state index is 12.8. The molecule has 1 heterocycles. The average molecular weight is 257 g/mol. The van der Waals surface area contributed by atoms with Gasteiger partial charge in [0.05, 0.1) is 5.69 Å². The zero-order valence-electron chi connectivity index (χ0n) is 8.41. The molecule has 0 bridgehead atoms. The molecule has 16 heavy (non-hydrogen) atoms. The topological polar surface area (TPSA) is 38.9 Å². The van der Waals surface area contributed by atoms with Crippen LogP contribution >= 0.6 is 22.9 Å². The molecule has 0 fully saturated rings. The molecule has 2 rings (SSSR count). The first-order chi connectivity index (χ1) is 7.70. The van der Waals surface area contributed by atoms with Crippen molar-refractivity contribution < 1.29 is 4.39 Å². The molecule has 5 heteroatoms. The van der Waals surface area contributed by atoms with Crippen LogP contribution in [0.15, 0.2) is 24.3 Å². The van der Waals surface area contributed by atoms with E-state index in [4.69, 9.17) is 17.3 Å². The molecule has 0 saturated carbocycles. The van der Waals surface area contributed by atoms with Gasteiger partial charge in [0.15, 0.2) is 5.13 Å². The molecule has 2 nitrogen and oxygen atoms in total. The predicted octanol–water partition coefficient (Wildman–Crippen LogP) is 3.31. The van der Waals surface area contributed by atoms with Crippen LogP contribution in [0.1, 0.15) is 4.88 Å². The van der Waals surface area contributed by atoms with Gasteiger partial charge in [-0.3, -0.25) is 0 Å². The molecule has 0 aliphatic carbocycles. The fourth-order valence-electron chi connectivity index (χ4n) is 1.46. The van der Waals surface area contributed by atoms with Crippen molar-refractivity contribution in [2.75, 3.05) is 11.6 Å². The second kappa shape index (κ2) is 4.80. The average Bonchev–Trinajstić information content (AvgIpc) is 2.61. The smallest absolute Gasteiger partial charge is 0.180 e. The van der Waals surface area contributed by atoms with Gasteiger partial charge in [-0.1, -0.05) is 0 Å². The third-order valence-corrected chi connectivity index (χ3v) is 3.29. The predicted molar refractivity (Wildman–Crippen MR) is 66.3 cm³/mol. The van der Waals surface area contributed by atoms with Crippen LogP contribution in [0.4, 0.5) is 9.52 Å². The number of aryl methyl sites for hydroxylation is 1. The Balaban J connectivity index is 2.42. The summed E-state index contributed by atoms with van der Waals surface area (Å²) in [6.07, 6.45) is 0.725. The molecule has 0 saturated heterocycles. The van der Waals surface area contributed by atoms with Crippen molar-refractivity contribution in [3.8, 4) is 11.3 Å². The largest absolute Gasteiger partial charge is 0.375 e. The highest BCUT2D eigenvalue weighted by Gasteiger charge is 2.11. The summed E-state index contributed by atoms with van der Waals surface area (Å²) in [4.78, 5) is 5.29. The van der Waals surface area contributed by atoms with Gasteiger partial charge in [0.2, 0.25) is 0 Å². The third kappa shape index (κ3) is 2.33. The van der Waals surface area contributed by atoms with E-state index in [9.17, 15) is 4.39 Å². The van der Waals surface area contributed by atoms with Crippen LogP contribution in [0.2, 0.25) is 0 Å². The summed E-state index contributed by atoms with van der Waals surface area (Å²) in [6, 6.07) is 6.22. The summed E-state index contributed by atoms with van der Waals surface area (Å²) in [5, 5.41) is 0.513. The summed E-state index contributed by atoms with van der Waals surface area (Å²) < 4.78 is 12.8. The molecule has 1 aromatic carbocycles. The zero-order valence-corrected chi connectivity index (χ0v) is 9.98. The molecule has 2 N–H and O–H groups in total. The number of aromatic nitrogens is 1. The Morgan fingerprint density at radius 1 is 1.31 bits per heavy atom. The number of hydrogen-bond donors (Lipinski definition) is 1. The number of alkyl halides is 1. The maximum atomic E-state index is 12.8. The quantitative estimate of drug-likeness (QED) is 0.856. The number of nitrogens with zero attached hydrogens (tertiary/aromatic N) is 1. The van der Waals surface area contributed by atoms with Crippen molar-refractivity contribution in [1.29, 1.82) is 0 Å². The number of hydrogen-bond acceptors (Lipinski definition) is 3. The minimum Gasteiger partial charge on any atom is -0.375 e. The molecule has 0 aliphatic rings. The van der Waals surface area contributed by atoms with Crippen molar-refractivity contribution >= 4 is 28.1 Å². The standard InChI is InChI=1S/C11H10ClFN2S/c12-6-5-9-10(15-11(14)16-9)7-1-3-8(13)4-2-7/h1-4H,5-6H2,(H2,14,15). The lowest BCUT2D eigenvalue weighted by Crippen LogP contribution is -1.88. The van der Waals surface area contributed by atoms with Crippen LogP contribution in [-0.4, -0.2) is 10.9 Å². The highest BCUT2D eigenvalue weighted by atomic mass is 35.5. The summed E-state index contributed by atoms with van der Waals surface area (Å²) in [5.41, 5.74) is 7.35. The Kier molecular flexibility index (Phi) is 3.41. The number of benzene rings is 1.